The minimum atomic E-state index is -3.73. The highest BCUT2D eigenvalue weighted by Crippen LogP contribution is 2.32. The molecule has 0 aliphatic carbocycles. The molecule has 1 saturated heterocycles. The molecule has 0 amide bonds. The van der Waals surface area contributed by atoms with E-state index in [-0.39, 0.29) is 10.6 Å². The number of nitrogens with zero attached hydrogens (tertiary/aromatic N) is 4. The molecule has 1 aliphatic heterocycles. The molecule has 9 heteroatoms. The summed E-state index contributed by atoms with van der Waals surface area (Å²) in [7, 11) is -3.73. The molecule has 1 aromatic rings. The van der Waals surface area contributed by atoms with Gasteiger partial charge < -0.3 is 4.90 Å². The standard InChI is InChI=1S/C18H28N4O4S/c1-5-21(6-2)27(25,26)16-7-8-17(18(13-16)22(23)24)20-11-9-19(10-12-20)14-15(3)4/h7-8,13H,3,5-6,9-12,14H2,1-2,4H3. The average Bonchev–Trinajstić information content (AvgIpc) is 2.62. The fraction of sp³-hybridized carbons (Fsp3) is 0.556. The maximum Gasteiger partial charge on any atom is 0.293 e. The van der Waals surface area contributed by atoms with E-state index in [9.17, 15) is 18.5 Å². The number of nitro benzene ring substituents is 1. The van der Waals surface area contributed by atoms with E-state index in [4.69, 9.17) is 0 Å². The molecule has 0 N–H and O–H groups in total. The molecule has 0 saturated carbocycles. The first-order chi connectivity index (χ1) is 12.7. The molecule has 27 heavy (non-hydrogen) atoms. The number of anilines is 1. The van der Waals surface area contributed by atoms with Crippen molar-refractivity contribution in [2.45, 2.75) is 25.7 Å². The van der Waals surface area contributed by atoms with Gasteiger partial charge in [0.05, 0.1) is 9.82 Å². The first-order valence-electron chi connectivity index (χ1n) is 9.11. The lowest BCUT2D eigenvalue weighted by Gasteiger charge is -2.36. The predicted octanol–water partition coefficient (Wildman–Crippen LogP) is 2.32. The molecule has 0 unspecified atom stereocenters. The third-order valence-corrected chi connectivity index (χ3v) is 6.74. The van der Waals surface area contributed by atoms with Crippen LogP contribution in [0.1, 0.15) is 20.8 Å². The third kappa shape index (κ3) is 4.85. The van der Waals surface area contributed by atoms with Crippen molar-refractivity contribution >= 4 is 21.4 Å². The quantitative estimate of drug-likeness (QED) is 0.381. The van der Waals surface area contributed by atoms with Gasteiger partial charge in [-0.2, -0.15) is 4.31 Å². The van der Waals surface area contributed by atoms with Crippen molar-refractivity contribution in [3.8, 4) is 0 Å². The molecule has 1 fully saturated rings. The van der Waals surface area contributed by atoms with Crippen LogP contribution in [0.5, 0.6) is 0 Å². The van der Waals surface area contributed by atoms with Crippen LogP contribution in [-0.4, -0.2) is 68.4 Å². The van der Waals surface area contributed by atoms with Crippen molar-refractivity contribution in [3.05, 3.63) is 40.5 Å². The Kier molecular flexibility index (Phi) is 6.96. The number of benzene rings is 1. The van der Waals surface area contributed by atoms with Crippen LogP contribution in [0, 0.1) is 10.1 Å². The smallest absolute Gasteiger partial charge is 0.293 e. The van der Waals surface area contributed by atoms with Crippen LogP contribution in [0.2, 0.25) is 0 Å². The van der Waals surface area contributed by atoms with Crippen LogP contribution in [0.25, 0.3) is 0 Å². The lowest BCUT2D eigenvalue weighted by molar-refractivity contribution is -0.384. The van der Waals surface area contributed by atoms with Crippen LogP contribution in [0.4, 0.5) is 11.4 Å². The van der Waals surface area contributed by atoms with Gasteiger partial charge in [-0.05, 0) is 19.1 Å². The second-order valence-corrected chi connectivity index (χ2v) is 8.66. The van der Waals surface area contributed by atoms with Crippen LogP contribution in [-0.2, 0) is 10.0 Å². The van der Waals surface area contributed by atoms with E-state index in [1.54, 1.807) is 19.9 Å². The van der Waals surface area contributed by atoms with Crippen molar-refractivity contribution in [3.63, 3.8) is 0 Å². The van der Waals surface area contributed by atoms with Crippen molar-refractivity contribution in [2.24, 2.45) is 0 Å². The Morgan fingerprint density at radius 3 is 2.30 bits per heavy atom. The monoisotopic (exact) mass is 396 g/mol. The summed E-state index contributed by atoms with van der Waals surface area (Å²) in [6, 6.07) is 4.21. The molecule has 1 aliphatic rings. The topological polar surface area (TPSA) is 87.0 Å². The Bertz CT molecular complexity index is 798. The van der Waals surface area contributed by atoms with Crippen LogP contribution in [0.15, 0.2) is 35.2 Å². The average molecular weight is 397 g/mol. The zero-order chi connectivity index (χ0) is 20.2. The molecule has 2 rings (SSSR count). The van der Waals surface area contributed by atoms with Gasteiger partial charge in [0.2, 0.25) is 10.0 Å². The molecule has 0 spiro atoms. The Hall–Kier alpha value is -1.97. The van der Waals surface area contributed by atoms with Gasteiger partial charge in [0, 0.05) is 51.9 Å². The number of nitro groups is 1. The van der Waals surface area contributed by atoms with Crippen LogP contribution < -0.4 is 4.90 Å². The van der Waals surface area contributed by atoms with Crippen LogP contribution in [0.3, 0.4) is 0 Å². The van der Waals surface area contributed by atoms with Gasteiger partial charge >= 0.3 is 0 Å². The van der Waals surface area contributed by atoms with Crippen molar-refractivity contribution < 1.29 is 13.3 Å². The fourth-order valence-electron chi connectivity index (χ4n) is 3.32. The largest absolute Gasteiger partial charge is 0.363 e. The first-order valence-corrected chi connectivity index (χ1v) is 10.5. The highest BCUT2D eigenvalue weighted by molar-refractivity contribution is 7.89. The van der Waals surface area contributed by atoms with Gasteiger partial charge in [-0.15, -0.1) is 0 Å². The van der Waals surface area contributed by atoms with Gasteiger partial charge in [-0.1, -0.05) is 26.0 Å². The van der Waals surface area contributed by atoms with E-state index in [0.717, 1.165) is 25.2 Å². The molecule has 1 aromatic carbocycles. The molecule has 0 radical (unpaired) electrons. The fourth-order valence-corrected chi connectivity index (χ4v) is 4.80. The van der Waals surface area contributed by atoms with Crippen molar-refractivity contribution in [1.82, 2.24) is 9.21 Å². The molecule has 8 nitrogen and oxygen atoms in total. The lowest BCUT2D eigenvalue weighted by atomic mass is 10.2. The molecule has 0 aromatic heterocycles. The summed E-state index contributed by atoms with van der Waals surface area (Å²) < 4.78 is 26.6. The predicted molar refractivity (Wildman–Crippen MR) is 107 cm³/mol. The second-order valence-electron chi connectivity index (χ2n) is 6.72. The van der Waals surface area contributed by atoms with Crippen molar-refractivity contribution in [1.29, 1.82) is 0 Å². The second kappa shape index (κ2) is 8.81. The highest BCUT2D eigenvalue weighted by atomic mass is 32.2. The van der Waals surface area contributed by atoms with Gasteiger partial charge in [-0.25, -0.2) is 8.42 Å². The summed E-state index contributed by atoms with van der Waals surface area (Å²) in [6.07, 6.45) is 0. The summed E-state index contributed by atoms with van der Waals surface area (Å²) in [4.78, 5) is 15.3. The summed E-state index contributed by atoms with van der Waals surface area (Å²) in [5.74, 6) is 0. The first kappa shape index (κ1) is 21.3. The number of hydrogen-bond acceptors (Lipinski definition) is 6. The number of sulfonamides is 1. The molecule has 150 valence electrons. The normalized spacial score (nSPS) is 15.9. The minimum absolute atomic E-state index is 0.0393. The molecule has 0 bridgehead atoms. The van der Waals surface area contributed by atoms with Crippen molar-refractivity contribution in [2.75, 3.05) is 50.7 Å². The third-order valence-electron chi connectivity index (χ3n) is 4.69. The van der Waals surface area contributed by atoms with Gasteiger partial charge in [0.1, 0.15) is 5.69 Å². The molecule has 0 atom stereocenters. The van der Waals surface area contributed by atoms with Gasteiger partial charge in [0.25, 0.3) is 5.69 Å². The van der Waals surface area contributed by atoms with E-state index in [2.05, 4.69) is 11.5 Å². The number of piperazine rings is 1. The van der Waals surface area contributed by atoms with E-state index in [1.807, 2.05) is 11.8 Å². The molecular formula is C18H28N4O4S. The van der Waals surface area contributed by atoms with E-state index < -0.39 is 14.9 Å². The Morgan fingerprint density at radius 1 is 1.22 bits per heavy atom. The minimum Gasteiger partial charge on any atom is -0.363 e. The summed E-state index contributed by atoms with van der Waals surface area (Å²) >= 11 is 0. The SMILES string of the molecule is C=C(C)CN1CCN(c2ccc(S(=O)(=O)N(CC)CC)cc2[N+](=O)[O-])CC1. The maximum absolute atomic E-state index is 12.7. The van der Waals surface area contributed by atoms with Gasteiger partial charge in [-0.3, -0.25) is 15.0 Å². The van der Waals surface area contributed by atoms with Gasteiger partial charge in [0.15, 0.2) is 0 Å². The summed E-state index contributed by atoms with van der Waals surface area (Å²) in [5.41, 5.74) is 1.38. The maximum atomic E-state index is 12.7. The van der Waals surface area contributed by atoms with E-state index >= 15 is 0 Å². The molecule has 1 heterocycles. The summed E-state index contributed by atoms with van der Waals surface area (Å²) in [6.45, 7) is 13.7. The highest BCUT2D eigenvalue weighted by Gasteiger charge is 2.28. The van der Waals surface area contributed by atoms with Crippen LogP contribution >= 0.6 is 0 Å². The Labute approximate surface area is 161 Å². The summed E-state index contributed by atoms with van der Waals surface area (Å²) in [5, 5.41) is 11.6. The Morgan fingerprint density at radius 2 is 1.81 bits per heavy atom. The molecular weight excluding hydrogens is 368 g/mol. The van der Waals surface area contributed by atoms with E-state index in [1.165, 1.54) is 16.4 Å². The zero-order valence-electron chi connectivity index (χ0n) is 16.2. The van der Waals surface area contributed by atoms with E-state index in [0.29, 0.717) is 31.9 Å². The number of hydrogen-bond donors (Lipinski definition) is 0. The number of rotatable bonds is 8. The lowest BCUT2D eigenvalue weighted by Crippen LogP contribution is -2.47. The zero-order valence-corrected chi connectivity index (χ0v) is 17.0. The Balaban J connectivity index is 2.30.